The SMILES string of the molecule is CC.N#Cc1ccc(Cl)nc1Cl. The first-order valence-electron chi connectivity index (χ1n) is 3.46. The van der Waals surface area contributed by atoms with Gasteiger partial charge in [0, 0.05) is 0 Å². The third-order valence-electron chi connectivity index (χ3n) is 0.935. The van der Waals surface area contributed by atoms with E-state index < -0.39 is 0 Å². The zero-order valence-electron chi connectivity index (χ0n) is 6.81. The van der Waals surface area contributed by atoms with E-state index in [0.717, 1.165) is 0 Å². The highest BCUT2D eigenvalue weighted by molar-refractivity contribution is 6.33. The zero-order chi connectivity index (χ0) is 9.56. The van der Waals surface area contributed by atoms with Crippen molar-refractivity contribution in [3.8, 4) is 6.07 Å². The van der Waals surface area contributed by atoms with Crippen LogP contribution in [0, 0.1) is 11.3 Å². The van der Waals surface area contributed by atoms with E-state index in [2.05, 4.69) is 4.98 Å². The molecule has 12 heavy (non-hydrogen) atoms. The second-order valence-electron chi connectivity index (χ2n) is 1.58. The van der Waals surface area contributed by atoms with Crippen molar-refractivity contribution in [3.63, 3.8) is 0 Å². The van der Waals surface area contributed by atoms with Crippen LogP contribution >= 0.6 is 23.2 Å². The highest BCUT2D eigenvalue weighted by atomic mass is 35.5. The number of aromatic nitrogens is 1. The van der Waals surface area contributed by atoms with E-state index >= 15 is 0 Å². The molecule has 0 saturated carbocycles. The molecule has 0 atom stereocenters. The Hall–Kier alpha value is -0.780. The average molecular weight is 203 g/mol. The molecule has 1 rings (SSSR count). The number of rotatable bonds is 0. The van der Waals surface area contributed by atoms with E-state index in [1.54, 1.807) is 0 Å². The van der Waals surface area contributed by atoms with Gasteiger partial charge in [-0.3, -0.25) is 0 Å². The summed E-state index contributed by atoms with van der Waals surface area (Å²) in [5.74, 6) is 0. The van der Waals surface area contributed by atoms with Crippen molar-refractivity contribution in [1.82, 2.24) is 4.98 Å². The molecule has 2 nitrogen and oxygen atoms in total. The number of halogens is 2. The van der Waals surface area contributed by atoms with Crippen molar-refractivity contribution in [2.75, 3.05) is 0 Å². The van der Waals surface area contributed by atoms with Crippen molar-refractivity contribution in [2.24, 2.45) is 0 Å². The fourth-order valence-corrected chi connectivity index (χ4v) is 0.883. The molecule has 0 radical (unpaired) electrons. The third-order valence-corrected chi connectivity index (χ3v) is 1.43. The smallest absolute Gasteiger partial charge is 0.148 e. The lowest BCUT2D eigenvalue weighted by Crippen LogP contribution is -1.81. The van der Waals surface area contributed by atoms with Gasteiger partial charge in [0.1, 0.15) is 16.4 Å². The minimum Gasteiger partial charge on any atom is -0.223 e. The topological polar surface area (TPSA) is 36.7 Å². The molecular formula is C8H8Cl2N2. The van der Waals surface area contributed by atoms with E-state index in [0.29, 0.717) is 10.7 Å². The van der Waals surface area contributed by atoms with Crippen LogP contribution in [-0.4, -0.2) is 4.98 Å². The molecular weight excluding hydrogens is 195 g/mol. The van der Waals surface area contributed by atoms with E-state index in [9.17, 15) is 0 Å². The Morgan fingerprint density at radius 3 is 2.33 bits per heavy atom. The van der Waals surface area contributed by atoms with Crippen LogP contribution < -0.4 is 0 Å². The monoisotopic (exact) mass is 202 g/mol. The summed E-state index contributed by atoms with van der Waals surface area (Å²) in [4.78, 5) is 3.65. The Kier molecular flexibility index (Phi) is 5.44. The maximum atomic E-state index is 8.39. The average Bonchev–Trinajstić information content (AvgIpc) is 2.08. The molecule has 0 aliphatic heterocycles. The molecule has 0 unspecified atom stereocenters. The van der Waals surface area contributed by atoms with Crippen LogP contribution in [0.2, 0.25) is 10.3 Å². The van der Waals surface area contributed by atoms with Crippen LogP contribution in [-0.2, 0) is 0 Å². The summed E-state index contributed by atoms with van der Waals surface area (Å²) in [6, 6.07) is 4.91. The number of hydrogen-bond acceptors (Lipinski definition) is 2. The second-order valence-corrected chi connectivity index (χ2v) is 2.33. The molecule has 0 spiro atoms. The maximum Gasteiger partial charge on any atom is 0.148 e. The molecule has 1 heterocycles. The van der Waals surface area contributed by atoms with Gasteiger partial charge < -0.3 is 0 Å². The fourth-order valence-electron chi connectivity index (χ4n) is 0.496. The van der Waals surface area contributed by atoms with E-state index in [4.69, 9.17) is 28.5 Å². The Morgan fingerprint density at radius 1 is 1.33 bits per heavy atom. The molecule has 4 heteroatoms. The Morgan fingerprint density at radius 2 is 1.92 bits per heavy atom. The van der Waals surface area contributed by atoms with Gasteiger partial charge in [-0.05, 0) is 12.1 Å². The van der Waals surface area contributed by atoms with E-state index in [1.807, 2.05) is 19.9 Å². The van der Waals surface area contributed by atoms with Crippen molar-refractivity contribution in [3.05, 3.63) is 28.0 Å². The van der Waals surface area contributed by atoms with Gasteiger partial charge in [0.15, 0.2) is 0 Å². The lowest BCUT2D eigenvalue weighted by atomic mass is 10.3. The van der Waals surface area contributed by atoms with Crippen molar-refractivity contribution < 1.29 is 0 Å². The van der Waals surface area contributed by atoms with Gasteiger partial charge in [0.25, 0.3) is 0 Å². The molecule has 0 fully saturated rings. The molecule has 64 valence electrons. The van der Waals surface area contributed by atoms with Crippen LogP contribution in [0.1, 0.15) is 19.4 Å². The first-order chi connectivity index (χ1) is 5.74. The predicted octanol–water partition coefficient (Wildman–Crippen LogP) is 3.29. The quantitative estimate of drug-likeness (QED) is 0.606. The summed E-state index contributed by atoms with van der Waals surface area (Å²) >= 11 is 11.0. The van der Waals surface area contributed by atoms with Gasteiger partial charge in [-0.15, -0.1) is 0 Å². The molecule has 0 aliphatic carbocycles. The van der Waals surface area contributed by atoms with Crippen LogP contribution in [0.5, 0.6) is 0 Å². The van der Waals surface area contributed by atoms with Crippen molar-refractivity contribution in [1.29, 1.82) is 5.26 Å². The largest absolute Gasteiger partial charge is 0.223 e. The lowest BCUT2D eigenvalue weighted by molar-refractivity contribution is 1.30. The molecule has 0 saturated heterocycles. The normalized spacial score (nSPS) is 7.92. The van der Waals surface area contributed by atoms with E-state index in [-0.39, 0.29) is 5.15 Å². The Balaban J connectivity index is 0.000000561. The summed E-state index contributed by atoms with van der Waals surface area (Å²) in [6.07, 6.45) is 0. The molecule has 1 aromatic heterocycles. The van der Waals surface area contributed by atoms with Gasteiger partial charge in [0.2, 0.25) is 0 Å². The number of nitrogens with zero attached hydrogens (tertiary/aromatic N) is 2. The van der Waals surface area contributed by atoms with E-state index in [1.165, 1.54) is 12.1 Å². The highest BCUT2D eigenvalue weighted by Crippen LogP contribution is 2.14. The molecule has 1 aromatic rings. The third kappa shape index (κ3) is 3.08. The van der Waals surface area contributed by atoms with Crippen LogP contribution in [0.4, 0.5) is 0 Å². The molecule has 0 aliphatic rings. The van der Waals surface area contributed by atoms with Crippen molar-refractivity contribution in [2.45, 2.75) is 13.8 Å². The summed E-state index contributed by atoms with van der Waals surface area (Å²) in [5, 5.41) is 8.84. The lowest BCUT2D eigenvalue weighted by Gasteiger charge is -1.91. The van der Waals surface area contributed by atoms with Gasteiger partial charge in [-0.1, -0.05) is 37.0 Å². The molecule has 0 bridgehead atoms. The first-order valence-corrected chi connectivity index (χ1v) is 4.22. The highest BCUT2D eigenvalue weighted by Gasteiger charge is 1.99. The molecule has 0 N–H and O–H groups in total. The van der Waals surface area contributed by atoms with Gasteiger partial charge in [0.05, 0.1) is 5.56 Å². The zero-order valence-corrected chi connectivity index (χ0v) is 8.32. The Bertz CT molecular complexity index is 292. The minimum atomic E-state index is 0.148. The number of hydrogen-bond donors (Lipinski definition) is 0. The second kappa shape index (κ2) is 5.82. The summed E-state index contributed by atoms with van der Waals surface area (Å²) in [6.45, 7) is 4.00. The molecule has 0 aromatic carbocycles. The van der Waals surface area contributed by atoms with Crippen molar-refractivity contribution >= 4 is 23.2 Å². The Labute approximate surface area is 81.8 Å². The van der Waals surface area contributed by atoms with Crippen LogP contribution in [0.3, 0.4) is 0 Å². The van der Waals surface area contributed by atoms with Gasteiger partial charge in [-0.25, -0.2) is 4.98 Å². The summed E-state index contributed by atoms with van der Waals surface area (Å²) in [5.41, 5.74) is 0.339. The summed E-state index contributed by atoms with van der Waals surface area (Å²) in [7, 11) is 0. The van der Waals surface area contributed by atoms with Crippen LogP contribution in [0.15, 0.2) is 12.1 Å². The number of nitriles is 1. The first kappa shape index (κ1) is 11.2. The minimum absolute atomic E-state index is 0.148. The molecule has 0 amide bonds. The maximum absolute atomic E-state index is 8.39. The fraction of sp³-hybridized carbons (Fsp3) is 0.250. The van der Waals surface area contributed by atoms with Gasteiger partial charge >= 0.3 is 0 Å². The standard InChI is InChI=1S/C6H2Cl2N2.C2H6/c7-5-2-1-4(3-9)6(8)10-5;1-2/h1-2H;1-2H3. The summed E-state index contributed by atoms with van der Waals surface area (Å²) < 4.78 is 0. The predicted molar refractivity (Wildman–Crippen MR) is 50.3 cm³/mol. The van der Waals surface area contributed by atoms with Crippen LogP contribution in [0.25, 0.3) is 0 Å². The number of pyridine rings is 1. The van der Waals surface area contributed by atoms with Gasteiger partial charge in [-0.2, -0.15) is 5.26 Å².